The molecule has 1 atom stereocenters. The highest BCUT2D eigenvalue weighted by Gasteiger charge is 2.22. The molecule has 0 fully saturated rings. The molecule has 0 radical (unpaired) electrons. The van der Waals surface area contributed by atoms with E-state index in [2.05, 4.69) is 10.3 Å². The van der Waals surface area contributed by atoms with Gasteiger partial charge >= 0.3 is 0 Å². The molecule has 1 aromatic heterocycles. The summed E-state index contributed by atoms with van der Waals surface area (Å²) in [4.78, 5) is 4.14. The first-order valence-corrected chi connectivity index (χ1v) is 5.68. The summed E-state index contributed by atoms with van der Waals surface area (Å²) in [5.41, 5.74) is 1.02. The van der Waals surface area contributed by atoms with Crippen LogP contribution in [0.25, 0.3) is 0 Å². The third-order valence-electron chi connectivity index (χ3n) is 2.88. The molecule has 18 heavy (non-hydrogen) atoms. The number of halogens is 2. The van der Waals surface area contributed by atoms with Crippen LogP contribution in [0.15, 0.2) is 36.5 Å². The lowest BCUT2D eigenvalue weighted by Crippen LogP contribution is -2.21. The molecule has 0 aliphatic carbocycles. The molecule has 0 bridgehead atoms. The first kappa shape index (κ1) is 12.6. The molecule has 4 heteroatoms. The van der Waals surface area contributed by atoms with Crippen molar-refractivity contribution in [1.82, 2.24) is 10.3 Å². The van der Waals surface area contributed by atoms with Crippen LogP contribution in [0.1, 0.15) is 22.9 Å². The molecule has 0 aliphatic heterocycles. The van der Waals surface area contributed by atoms with Crippen molar-refractivity contribution in [3.63, 3.8) is 0 Å². The molecule has 1 aromatic carbocycles. The molecule has 1 unspecified atom stereocenters. The highest BCUT2D eigenvalue weighted by atomic mass is 19.1. The van der Waals surface area contributed by atoms with Gasteiger partial charge in [0.15, 0.2) is 0 Å². The average Bonchev–Trinajstić information content (AvgIpc) is 2.40. The van der Waals surface area contributed by atoms with E-state index in [0.717, 1.165) is 0 Å². The number of benzene rings is 1. The van der Waals surface area contributed by atoms with Crippen molar-refractivity contribution < 1.29 is 8.78 Å². The van der Waals surface area contributed by atoms with Crippen molar-refractivity contribution in [3.05, 3.63) is 65.0 Å². The van der Waals surface area contributed by atoms with Crippen molar-refractivity contribution in [1.29, 1.82) is 0 Å². The molecule has 0 saturated heterocycles. The van der Waals surface area contributed by atoms with E-state index in [4.69, 9.17) is 0 Å². The molecule has 1 N–H and O–H groups in total. The lowest BCUT2D eigenvalue weighted by molar-refractivity contribution is 0.513. The van der Waals surface area contributed by atoms with E-state index in [1.807, 2.05) is 0 Å². The average molecular weight is 248 g/mol. The molecule has 2 rings (SSSR count). The van der Waals surface area contributed by atoms with E-state index in [1.54, 1.807) is 38.4 Å². The summed E-state index contributed by atoms with van der Waals surface area (Å²) in [5, 5.41) is 2.90. The number of hydrogen-bond donors (Lipinski definition) is 1. The predicted octanol–water partition coefficient (Wildman–Crippen LogP) is 2.98. The van der Waals surface area contributed by atoms with E-state index in [1.165, 1.54) is 12.1 Å². The number of hydrogen-bond acceptors (Lipinski definition) is 2. The predicted molar refractivity (Wildman–Crippen MR) is 66.2 cm³/mol. The summed E-state index contributed by atoms with van der Waals surface area (Å²) in [6.45, 7) is 1.61. The van der Waals surface area contributed by atoms with Crippen LogP contribution in [0.2, 0.25) is 0 Å². The minimum atomic E-state index is -0.592. The van der Waals surface area contributed by atoms with Gasteiger partial charge in [0, 0.05) is 11.8 Å². The van der Waals surface area contributed by atoms with Gasteiger partial charge in [-0.2, -0.15) is 0 Å². The summed E-state index contributed by atoms with van der Waals surface area (Å²) >= 11 is 0. The quantitative estimate of drug-likeness (QED) is 0.903. The normalized spacial score (nSPS) is 12.4. The standard InChI is InChI=1S/C14H14F2N2/c1-9-6-7-10(15)12(13(9)16)14(17-2)11-5-3-4-8-18-11/h3-8,14,17H,1-2H3. The van der Waals surface area contributed by atoms with Gasteiger partial charge in [0.05, 0.1) is 11.7 Å². The molecule has 0 spiro atoms. The molecule has 2 aromatic rings. The van der Waals surface area contributed by atoms with Crippen LogP contribution in [0.4, 0.5) is 8.78 Å². The minimum Gasteiger partial charge on any atom is -0.308 e. The fourth-order valence-corrected chi connectivity index (χ4v) is 1.93. The maximum Gasteiger partial charge on any atom is 0.134 e. The second kappa shape index (κ2) is 5.23. The third kappa shape index (κ3) is 2.24. The monoisotopic (exact) mass is 248 g/mol. The Bertz CT molecular complexity index is 541. The van der Waals surface area contributed by atoms with Gasteiger partial charge in [-0.15, -0.1) is 0 Å². The fourth-order valence-electron chi connectivity index (χ4n) is 1.93. The van der Waals surface area contributed by atoms with Crippen molar-refractivity contribution in [2.45, 2.75) is 13.0 Å². The highest BCUT2D eigenvalue weighted by Crippen LogP contribution is 2.27. The van der Waals surface area contributed by atoms with Crippen LogP contribution < -0.4 is 5.32 Å². The molecule has 0 amide bonds. The number of rotatable bonds is 3. The first-order valence-electron chi connectivity index (χ1n) is 5.68. The summed E-state index contributed by atoms with van der Waals surface area (Å²) in [6.07, 6.45) is 1.60. The van der Waals surface area contributed by atoms with Crippen LogP contribution in [-0.4, -0.2) is 12.0 Å². The SMILES string of the molecule is CNC(c1ccccn1)c1c(F)ccc(C)c1F. The smallest absolute Gasteiger partial charge is 0.134 e. The summed E-state index contributed by atoms with van der Waals surface area (Å²) in [6, 6.07) is 7.41. The van der Waals surface area contributed by atoms with Crippen LogP contribution in [0.5, 0.6) is 0 Å². The fraction of sp³-hybridized carbons (Fsp3) is 0.214. The molecular formula is C14H14F2N2. The van der Waals surface area contributed by atoms with Crippen molar-refractivity contribution >= 4 is 0 Å². The lowest BCUT2D eigenvalue weighted by Gasteiger charge is -2.18. The largest absolute Gasteiger partial charge is 0.308 e. The Morgan fingerprint density at radius 3 is 2.56 bits per heavy atom. The Hall–Kier alpha value is -1.81. The van der Waals surface area contributed by atoms with Crippen LogP contribution in [-0.2, 0) is 0 Å². The summed E-state index contributed by atoms with van der Waals surface area (Å²) in [5.74, 6) is -1.09. The Morgan fingerprint density at radius 1 is 1.17 bits per heavy atom. The number of nitrogens with zero attached hydrogens (tertiary/aromatic N) is 1. The summed E-state index contributed by atoms with van der Waals surface area (Å²) in [7, 11) is 1.65. The number of aromatic nitrogens is 1. The van der Waals surface area contributed by atoms with Gasteiger partial charge in [-0.1, -0.05) is 12.1 Å². The maximum atomic E-state index is 14.1. The Labute approximate surface area is 105 Å². The highest BCUT2D eigenvalue weighted by molar-refractivity contribution is 5.34. The van der Waals surface area contributed by atoms with E-state index < -0.39 is 17.7 Å². The van der Waals surface area contributed by atoms with Gasteiger partial charge in [0.2, 0.25) is 0 Å². The Morgan fingerprint density at radius 2 is 1.94 bits per heavy atom. The topological polar surface area (TPSA) is 24.9 Å². The van der Waals surface area contributed by atoms with Crippen LogP contribution >= 0.6 is 0 Å². The molecule has 0 aliphatic rings. The maximum absolute atomic E-state index is 14.1. The van der Waals surface area contributed by atoms with Crippen molar-refractivity contribution in [3.8, 4) is 0 Å². The first-order chi connectivity index (χ1) is 8.65. The van der Waals surface area contributed by atoms with E-state index in [9.17, 15) is 8.78 Å². The van der Waals surface area contributed by atoms with Gasteiger partial charge in [-0.3, -0.25) is 4.98 Å². The van der Waals surface area contributed by atoms with Gasteiger partial charge in [0.25, 0.3) is 0 Å². The lowest BCUT2D eigenvalue weighted by atomic mass is 9.99. The minimum absolute atomic E-state index is 0.0104. The Kier molecular flexibility index (Phi) is 3.67. The molecule has 2 nitrogen and oxygen atoms in total. The summed E-state index contributed by atoms with van der Waals surface area (Å²) < 4.78 is 27.9. The second-order valence-corrected chi connectivity index (χ2v) is 4.07. The van der Waals surface area contributed by atoms with Crippen LogP contribution in [0.3, 0.4) is 0 Å². The number of nitrogens with one attached hydrogen (secondary N) is 1. The second-order valence-electron chi connectivity index (χ2n) is 4.07. The van der Waals surface area contributed by atoms with Gasteiger partial charge in [-0.25, -0.2) is 8.78 Å². The Balaban J connectivity index is 2.56. The van der Waals surface area contributed by atoms with Crippen LogP contribution in [0, 0.1) is 18.6 Å². The van der Waals surface area contributed by atoms with Crippen molar-refractivity contribution in [2.24, 2.45) is 0 Å². The molecular weight excluding hydrogens is 234 g/mol. The van der Waals surface area contributed by atoms with Gasteiger partial charge in [0.1, 0.15) is 11.6 Å². The third-order valence-corrected chi connectivity index (χ3v) is 2.88. The van der Waals surface area contributed by atoms with E-state index in [0.29, 0.717) is 11.3 Å². The number of aryl methyl sites for hydroxylation is 1. The molecule has 1 heterocycles. The van der Waals surface area contributed by atoms with Crippen molar-refractivity contribution in [2.75, 3.05) is 7.05 Å². The van der Waals surface area contributed by atoms with E-state index >= 15 is 0 Å². The zero-order valence-electron chi connectivity index (χ0n) is 10.2. The van der Waals surface area contributed by atoms with Gasteiger partial charge in [-0.05, 0) is 37.7 Å². The van der Waals surface area contributed by atoms with E-state index in [-0.39, 0.29) is 5.56 Å². The van der Waals surface area contributed by atoms with Gasteiger partial charge < -0.3 is 5.32 Å². The zero-order valence-corrected chi connectivity index (χ0v) is 10.2. The molecule has 0 saturated carbocycles. The zero-order chi connectivity index (χ0) is 13.1. The molecule has 94 valence electrons. The number of pyridine rings is 1.